The maximum Gasteiger partial charge on any atom is 0.215 e. The highest BCUT2D eigenvalue weighted by atomic mass is 79.9. The smallest absolute Gasteiger partial charge is 0.215 e. The van der Waals surface area contributed by atoms with Crippen LogP contribution in [0.3, 0.4) is 0 Å². The van der Waals surface area contributed by atoms with Crippen molar-refractivity contribution >= 4 is 31.8 Å². The van der Waals surface area contributed by atoms with Crippen molar-refractivity contribution in [1.82, 2.24) is 9.29 Å². The monoisotopic (exact) mass is 321 g/mol. The van der Waals surface area contributed by atoms with Crippen molar-refractivity contribution in [1.29, 1.82) is 0 Å². The van der Waals surface area contributed by atoms with E-state index in [-0.39, 0.29) is 5.75 Å². The SMILES string of the molecule is Cc1ccnc(NCCS(=O)(=O)N(C)C)c1Br. The van der Waals surface area contributed by atoms with Crippen molar-refractivity contribution in [2.45, 2.75) is 6.92 Å². The molecule has 7 heteroatoms. The molecule has 0 aromatic carbocycles. The van der Waals surface area contributed by atoms with Crippen LogP contribution in [0.15, 0.2) is 16.7 Å². The summed E-state index contributed by atoms with van der Waals surface area (Å²) in [6, 6.07) is 1.88. The zero-order chi connectivity index (χ0) is 13.1. The predicted octanol–water partition coefficient (Wildman–Crippen LogP) is 1.46. The van der Waals surface area contributed by atoms with E-state index in [0.29, 0.717) is 12.4 Å². The summed E-state index contributed by atoms with van der Waals surface area (Å²) >= 11 is 3.40. The van der Waals surface area contributed by atoms with E-state index >= 15 is 0 Å². The quantitative estimate of drug-likeness (QED) is 0.891. The molecule has 0 fully saturated rings. The van der Waals surface area contributed by atoms with E-state index in [4.69, 9.17) is 0 Å². The lowest BCUT2D eigenvalue weighted by molar-refractivity contribution is 0.521. The summed E-state index contributed by atoms with van der Waals surface area (Å²) in [5.74, 6) is 0.709. The molecular formula is C10H16BrN3O2S. The van der Waals surface area contributed by atoms with E-state index in [9.17, 15) is 8.42 Å². The summed E-state index contributed by atoms with van der Waals surface area (Å²) in [5.41, 5.74) is 1.05. The van der Waals surface area contributed by atoms with Crippen LogP contribution in [0.4, 0.5) is 5.82 Å². The molecule has 0 saturated heterocycles. The molecule has 0 aliphatic heterocycles. The summed E-state index contributed by atoms with van der Waals surface area (Å²) < 4.78 is 25.1. The molecule has 17 heavy (non-hydrogen) atoms. The standard InChI is InChI=1S/C10H16BrN3O2S/c1-8-4-5-12-10(9(8)11)13-6-7-17(15,16)14(2)3/h4-5H,6-7H2,1-3H3,(H,12,13). The van der Waals surface area contributed by atoms with E-state index in [0.717, 1.165) is 10.0 Å². The summed E-state index contributed by atoms with van der Waals surface area (Å²) in [7, 11) is -0.116. The van der Waals surface area contributed by atoms with Gasteiger partial charge in [0.15, 0.2) is 0 Å². The maximum absolute atomic E-state index is 11.5. The third-order valence-electron chi connectivity index (χ3n) is 2.29. The van der Waals surface area contributed by atoms with Gasteiger partial charge in [-0.2, -0.15) is 0 Å². The van der Waals surface area contributed by atoms with Crippen molar-refractivity contribution in [3.63, 3.8) is 0 Å². The molecule has 0 bridgehead atoms. The number of sulfonamides is 1. The number of nitrogens with one attached hydrogen (secondary N) is 1. The zero-order valence-electron chi connectivity index (χ0n) is 10.1. The van der Waals surface area contributed by atoms with Crippen molar-refractivity contribution in [2.75, 3.05) is 31.7 Å². The molecule has 1 heterocycles. The number of rotatable bonds is 5. The molecule has 0 saturated carbocycles. The second kappa shape index (κ2) is 5.79. The number of anilines is 1. The molecule has 0 aliphatic rings. The third-order valence-corrected chi connectivity index (χ3v) is 5.12. The Morgan fingerprint density at radius 1 is 1.47 bits per heavy atom. The highest BCUT2D eigenvalue weighted by Gasteiger charge is 2.13. The molecule has 96 valence electrons. The number of halogens is 1. The van der Waals surface area contributed by atoms with Crippen LogP contribution < -0.4 is 5.32 Å². The van der Waals surface area contributed by atoms with Crippen molar-refractivity contribution in [3.05, 3.63) is 22.3 Å². The Morgan fingerprint density at radius 3 is 2.71 bits per heavy atom. The van der Waals surface area contributed by atoms with Crippen LogP contribution in [0.2, 0.25) is 0 Å². The van der Waals surface area contributed by atoms with E-state index in [1.165, 1.54) is 18.4 Å². The van der Waals surface area contributed by atoms with Gasteiger partial charge in [-0.25, -0.2) is 17.7 Å². The van der Waals surface area contributed by atoms with Crippen molar-refractivity contribution in [2.24, 2.45) is 0 Å². The topological polar surface area (TPSA) is 62.3 Å². The third kappa shape index (κ3) is 3.93. The Morgan fingerprint density at radius 2 is 2.12 bits per heavy atom. The first-order valence-electron chi connectivity index (χ1n) is 5.10. The van der Waals surface area contributed by atoms with Crippen LogP contribution in [-0.4, -0.2) is 44.1 Å². The zero-order valence-corrected chi connectivity index (χ0v) is 12.5. The van der Waals surface area contributed by atoms with Crippen LogP contribution in [0.5, 0.6) is 0 Å². The predicted molar refractivity (Wildman–Crippen MR) is 72.6 cm³/mol. The fourth-order valence-corrected chi connectivity index (χ4v) is 2.24. The second-order valence-electron chi connectivity index (χ2n) is 3.82. The summed E-state index contributed by atoms with van der Waals surface area (Å²) in [5, 5.41) is 3.00. The molecule has 1 rings (SSSR count). The van der Waals surface area contributed by atoms with Crippen molar-refractivity contribution < 1.29 is 8.42 Å². The van der Waals surface area contributed by atoms with E-state index in [2.05, 4.69) is 26.2 Å². The van der Waals surface area contributed by atoms with Gasteiger partial charge in [0.05, 0.1) is 10.2 Å². The van der Waals surface area contributed by atoms with Crippen LogP contribution in [0.25, 0.3) is 0 Å². The summed E-state index contributed by atoms with van der Waals surface area (Å²) in [4.78, 5) is 4.14. The number of nitrogens with zero attached hydrogens (tertiary/aromatic N) is 2. The van der Waals surface area contributed by atoms with Crippen LogP contribution >= 0.6 is 15.9 Å². The Balaban J connectivity index is 2.61. The van der Waals surface area contributed by atoms with E-state index in [1.807, 2.05) is 13.0 Å². The van der Waals surface area contributed by atoms with E-state index < -0.39 is 10.0 Å². The summed E-state index contributed by atoms with van der Waals surface area (Å²) in [6.45, 7) is 2.28. The van der Waals surface area contributed by atoms with Gasteiger partial charge in [-0.3, -0.25) is 0 Å². The number of aryl methyl sites for hydroxylation is 1. The molecule has 0 spiro atoms. The van der Waals surface area contributed by atoms with Gasteiger partial charge in [-0.05, 0) is 34.5 Å². The number of aromatic nitrogens is 1. The first-order chi connectivity index (χ1) is 7.84. The molecule has 0 aliphatic carbocycles. The minimum atomic E-state index is -3.16. The van der Waals surface area contributed by atoms with Gasteiger partial charge in [-0.1, -0.05) is 0 Å². The first-order valence-corrected chi connectivity index (χ1v) is 7.50. The maximum atomic E-state index is 11.5. The summed E-state index contributed by atoms with van der Waals surface area (Å²) in [6.07, 6.45) is 1.68. The van der Waals surface area contributed by atoms with Gasteiger partial charge >= 0.3 is 0 Å². The fourth-order valence-electron chi connectivity index (χ4n) is 1.14. The molecule has 1 N–H and O–H groups in total. The highest BCUT2D eigenvalue weighted by molar-refractivity contribution is 9.10. The molecular weight excluding hydrogens is 306 g/mol. The molecule has 1 aromatic rings. The first kappa shape index (κ1) is 14.4. The average molecular weight is 322 g/mol. The molecule has 0 radical (unpaired) electrons. The molecule has 5 nitrogen and oxygen atoms in total. The average Bonchev–Trinajstić information content (AvgIpc) is 2.24. The fraction of sp³-hybridized carbons (Fsp3) is 0.500. The largest absolute Gasteiger partial charge is 0.368 e. The van der Waals surface area contributed by atoms with Crippen LogP contribution in [-0.2, 0) is 10.0 Å². The van der Waals surface area contributed by atoms with Crippen LogP contribution in [0, 0.1) is 6.92 Å². The number of hydrogen-bond donors (Lipinski definition) is 1. The Kier molecular flexibility index (Phi) is 4.91. The lowest BCUT2D eigenvalue weighted by Crippen LogP contribution is -2.28. The molecule has 1 aromatic heterocycles. The van der Waals surface area contributed by atoms with Gasteiger partial charge in [0.25, 0.3) is 0 Å². The second-order valence-corrected chi connectivity index (χ2v) is 6.91. The normalized spacial score (nSPS) is 11.8. The minimum Gasteiger partial charge on any atom is -0.368 e. The molecule has 0 amide bonds. The Hall–Kier alpha value is -0.660. The molecule has 0 atom stereocenters. The number of pyridine rings is 1. The van der Waals surface area contributed by atoms with Gasteiger partial charge in [0, 0.05) is 26.8 Å². The Labute approximate surface area is 110 Å². The molecule has 0 unspecified atom stereocenters. The van der Waals surface area contributed by atoms with Gasteiger partial charge in [0.1, 0.15) is 5.82 Å². The minimum absolute atomic E-state index is 0.0437. The number of hydrogen-bond acceptors (Lipinski definition) is 4. The Bertz CT molecular complexity index is 488. The van der Waals surface area contributed by atoms with Gasteiger partial charge in [-0.15, -0.1) is 0 Å². The lowest BCUT2D eigenvalue weighted by Gasteiger charge is -2.12. The van der Waals surface area contributed by atoms with Gasteiger partial charge in [0.2, 0.25) is 10.0 Å². The highest BCUT2D eigenvalue weighted by Crippen LogP contribution is 2.22. The van der Waals surface area contributed by atoms with E-state index in [1.54, 1.807) is 6.20 Å². The lowest BCUT2D eigenvalue weighted by atomic mass is 10.3. The van der Waals surface area contributed by atoms with Crippen molar-refractivity contribution in [3.8, 4) is 0 Å². The van der Waals surface area contributed by atoms with Crippen LogP contribution in [0.1, 0.15) is 5.56 Å². The van der Waals surface area contributed by atoms with Gasteiger partial charge < -0.3 is 5.32 Å².